The number of hydrogen-bond acceptors (Lipinski definition) is 3. The Bertz CT molecular complexity index is 700. The first-order valence-corrected chi connectivity index (χ1v) is 6.93. The molecule has 0 bridgehead atoms. The van der Waals surface area contributed by atoms with Gasteiger partial charge in [0.15, 0.2) is 5.82 Å². The van der Waals surface area contributed by atoms with Crippen molar-refractivity contribution in [2.45, 2.75) is 13.3 Å². The summed E-state index contributed by atoms with van der Waals surface area (Å²) in [4.78, 5) is 5.90. The van der Waals surface area contributed by atoms with Gasteiger partial charge in [-0.25, -0.2) is 4.39 Å². The highest BCUT2D eigenvalue weighted by atomic mass is 32.1. The summed E-state index contributed by atoms with van der Waals surface area (Å²) in [6.45, 7) is 2.10. The molecular weight excluding hydrogens is 277 g/mol. The summed E-state index contributed by atoms with van der Waals surface area (Å²) >= 11 is 6.10. The lowest BCUT2D eigenvalue weighted by Crippen LogP contribution is -1.79. The van der Waals surface area contributed by atoms with Crippen molar-refractivity contribution in [2.24, 2.45) is 4.99 Å². The zero-order chi connectivity index (χ0) is 13.7. The first kappa shape index (κ1) is 13.6. The molecule has 0 spiro atoms. The highest BCUT2D eigenvalue weighted by Gasteiger charge is 2.00. The molecular formula is C15H10FNS2. The van der Waals surface area contributed by atoms with Gasteiger partial charge in [-0.3, -0.25) is 0 Å². The van der Waals surface area contributed by atoms with E-state index >= 15 is 0 Å². The van der Waals surface area contributed by atoms with Gasteiger partial charge in [0, 0.05) is 10.4 Å². The molecule has 19 heavy (non-hydrogen) atoms. The summed E-state index contributed by atoms with van der Waals surface area (Å²) in [5, 5.41) is 2.15. The van der Waals surface area contributed by atoms with Crippen LogP contribution >= 0.6 is 23.6 Å². The maximum absolute atomic E-state index is 13.6. The fourth-order valence-electron chi connectivity index (χ4n) is 1.49. The number of benzene rings is 1. The van der Waals surface area contributed by atoms with Gasteiger partial charge >= 0.3 is 0 Å². The molecule has 0 aliphatic carbocycles. The Kier molecular flexibility index (Phi) is 4.59. The number of hydrogen-bond donors (Lipinski definition) is 0. The lowest BCUT2D eigenvalue weighted by Gasteiger charge is -1.95. The fraction of sp³-hybridized carbons (Fsp3) is 0.133. The summed E-state index contributed by atoms with van der Waals surface area (Å²) < 4.78 is 13.6. The van der Waals surface area contributed by atoms with E-state index in [1.165, 1.54) is 10.9 Å². The standard InChI is InChI=1S/C15H10FNS2/c1-2-12-6-7-13(19-12)5-3-11-4-8-15(17-10-18)14(16)9-11/h4,6-9H,2H2,1H3. The SMILES string of the molecule is CCc1ccc(C#Cc2ccc(N=C=S)c(F)c2)s1. The number of aliphatic imine (C=N–C) groups is 1. The van der Waals surface area contributed by atoms with Gasteiger partial charge in [0.25, 0.3) is 0 Å². The molecule has 1 aromatic heterocycles. The van der Waals surface area contributed by atoms with Gasteiger partial charge < -0.3 is 0 Å². The molecule has 0 amide bonds. The van der Waals surface area contributed by atoms with Crippen LogP contribution < -0.4 is 0 Å². The molecule has 2 aromatic rings. The number of nitrogens with zero attached hydrogens (tertiary/aromatic N) is 1. The topological polar surface area (TPSA) is 12.4 Å². The predicted octanol–water partition coefficient (Wildman–Crippen LogP) is 4.58. The van der Waals surface area contributed by atoms with Crippen LogP contribution in [0.3, 0.4) is 0 Å². The number of rotatable bonds is 2. The fourth-order valence-corrected chi connectivity index (χ4v) is 2.39. The molecule has 0 fully saturated rings. The lowest BCUT2D eigenvalue weighted by molar-refractivity contribution is 0.629. The van der Waals surface area contributed by atoms with E-state index in [-0.39, 0.29) is 5.69 Å². The molecule has 94 valence electrons. The van der Waals surface area contributed by atoms with Crippen molar-refractivity contribution in [1.82, 2.24) is 0 Å². The third-order valence-corrected chi connectivity index (χ3v) is 3.69. The van der Waals surface area contributed by atoms with Crippen molar-refractivity contribution in [2.75, 3.05) is 0 Å². The van der Waals surface area contributed by atoms with E-state index in [9.17, 15) is 4.39 Å². The van der Waals surface area contributed by atoms with Crippen LogP contribution in [0.4, 0.5) is 10.1 Å². The molecule has 1 nitrogen and oxygen atoms in total. The maximum Gasteiger partial charge on any atom is 0.150 e. The minimum absolute atomic E-state index is 0.185. The Morgan fingerprint density at radius 3 is 2.74 bits per heavy atom. The normalized spacial score (nSPS) is 9.37. The van der Waals surface area contributed by atoms with Gasteiger partial charge in [0.05, 0.1) is 10.0 Å². The zero-order valence-electron chi connectivity index (χ0n) is 10.2. The Morgan fingerprint density at radius 1 is 1.26 bits per heavy atom. The Hall–Kier alpha value is -1.79. The summed E-state index contributed by atoms with van der Waals surface area (Å²) in [5.74, 6) is 5.53. The Labute approximate surface area is 120 Å². The smallest absolute Gasteiger partial charge is 0.150 e. The van der Waals surface area contributed by atoms with Gasteiger partial charge in [-0.1, -0.05) is 18.8 Å². The second-order valence-electron chi connectivity index (χ2n) is 3.74. The lowest BCUT2D eigenvalue weighted by atomic mass is 10.2. The van der Waals surface area contributed by atoms with E-state index in [1.54, 1.807) is 23.5 Å². The van der Waals surface area contributed by atoms with Crippen LogP contribution in [0.5, 0.6) is 0 Å². The summed E-state index contributed by atoms with van der Waals surface area (Å²) in [6.07, 6.45) is 1.01. The Balaban J connectivity index is 2.24. The van der Waals surface area contributed by atoms with Gasteiger partial charge in [0.2, 0.25) is 0 Å². The molecule has 0 saturated heterocycles. The molecule has 0 unspecified atom stereocenters. The number of thiocarbonyl (C=S) groups is 1. The summed E-state index contributed by atoms with van der Waals surface area (Å²) in [5.41, 5.74) is 0.803. The average Bonchev–Trinajstić information content (AvgIpc) is 2.87. The minimum atomic E-state index is -0.440. The first-order chi connectivity index (χ1) is 9.22. The third kappa shape index (κ3) is 3.59. The van der Waals surface area contributed by atoms with Crippen LogP contribution in [0.1, 0.15) is 22.2 Å². The van der Waals surface area contributed by atoms with Gasteiger partial charge in [-0.2, -0.15) is 4.99 Å². The van der Waals surface area contributed by atoms with Gasteiger partial charge in [0.1, 0.15) is 5.69 Å². The van der Waals surface area contributed by atoms with E-state index in [0.717, 1.165) is 11.3 Å². The Morgan fingerprint density at radius 2 is 2.11 bits per heavy atom. The number of aryl methyl sites for hydroxylation is 1. The van der Waals surface area contributed by atoms with Crippen molar-refractivity contribution in [3.05, 3.63) is 51.5 Å². The minimum Gasteiger partial charge on any atom is -0.205 e. The van der Waals surface area contributed by atoms with Crippen LogP contribution in [-0.2, 0) is 6.42 Å². The maximum atomic E-state index is 13.6. The molecule has 0 saturated carbocycles. The van der Waals surface area contributed by atoms with Crippen LogP contribution in [0.25, 0.3) is 0 Å². The monoisotopic (exact) mass is 287 g/mol. The van der Waals surface area contributed by atoms with E-state index in [2.05, 4.69) is 47.2 Å². The van der Waals surface area contributed by atoms with Crippen molar-refractivity contribution in [3.63, 3.8) is 0 Å². The van der Waals surface area contributed by atoms with E-state index in [4.69, 9.17) is 0 Å². The summed E-state index contributed by atoms with van der Waals surface area (Å²) in [6, 6.07) is 8.66. The molecule has 0 atom stereocenters. The molecule has 0 N–H and O–H groups in total. The number of thiophene rings is 1. The van der Waals surface area contributed by atoms with Gasteiger partial charge in [-0.15, -0.1) is 11.3 Å². The highest BCUT2D eigenvalue weighted by Crippen LogP contribution is 2.19. The van der Waals surface area contributed by atoms with Crippen LogP contribution in [0, 0.1) is 17.7 Å². The molecule has 1 aromatic carbocycles. The van der Waals surface area contributed by atoms with Crippen molar-refractivity contribution in [3.8, 4) is 11.8 Å². The molecule has 2 rings (SSSR count). The zero-order valence-corrected chi connectivity index (χ0v) is 11.9. The van der Waals surface area contributed by atoms with Gasteiger partial charge in [-0.05, 0) is 49.0 Å². The van der Waals surface area contributed by atoms with Crippen LogP contribution in [0.2, 0.25) is 0 Å². The van der Waals surface area contributed by atoms with E-state index in [0.29, 0.717) is 5.56 Å². The van der Waals surface area contributed by atoms with Crippen molar-refractivity contribution < 1.29 is 4.39 Å². The number of halogens is 1. The molecule has 0 radical (unpaired) electrons. The molecule has 0 aliphatic heterocycles. The van der Waals surface area contributed by atoms with Crippen LogP contribution in [0.15, 0.2) is 35.3 Å². The van der Waals surface area contributed by atoms with E-state index in [1.807, 2.05) is 6.07 Å². The first-order valence-electron chi connectivity index (χ1n) is 5.71. The average molecular weight is 287 g/mol. The molecule has 1 heterocycles. The largest absolute Gasteiger partial charge is 0.205 e. The third-order valence-electron chi connectivity index (χ3n) is 2.45. The molecule has 0 aliphatic rings. The molecule has 4 heteroatoms. The predicted molar refractivity (Wildman–Crippen MR) is 80.8 cm³/mol. The second-order valence-corrected chi connectivity index (χ2v) is 5.09. The quantitative estimate of drug-likeness (QED) is 0.447. The second kappa shape index (κ2) is 6.40. The highest BCUT2D eigenvalue weighted by molar-refractivity contribution is 7.78. The van der Waals surface area contributed by atoms with Crippen LogP contribution in [-0.4, -0.2) is 5.16 Å². The van der Waals surface area contributed by atoms with E-state index < -0.39 is 5.82 Å². The van der Waals surface area contributed by atoms with Crippen molar-refractivity contribution >= 4 is 34.4 Å². The summed E-state index contributed by atoms with van der Waals surface area (Å²) in [7, 11) is 0. The number of isothiocyanates is 1. The van der Waals surface area contributed by atoms with Crippen molar-refractivity contribution in [1.29, 1.82) is 0 Å².